The summed E-state index contributed by atoms with van der Waals surface area (Å²) in [5.41, 5.74) is 2.24. The van der Waals surface area contributed by atoms with Crippen molar-refractivity contribution in [3.8, 4) is 5.75 Å². The number of aryl methyl sites for hydroxylation is 1. The molecule has 0 atom stereocenters. The quantitative estimate of drug-likeness (QED) is 0.654. The van der Waals surface area contributed by atoms with E-state index in [-0.39, 0.29) is 0 Å². The number of benzene rings is 3. The first-order valence-corrected chi connectivity index (χ1v) is 9.40. The second-order valence-electron chi connectivity index (χ2n) is 5.56. The summed E-state index contributed by atoms with van der Waals surface area (Å²) >= 11 is 0. The molecular weight excluding hydrogens is 296 g/mol. The van der Waals surface area contributed by atoms with Crippen LogP contribution in [0.15, 0.2) is 85.4 Å². The van der Waals surface area contributed by atoms with Crippen LogP contribution in [0.25, 0.3) is 6.08 Å². The molecule has 114 valence electrons. The Balaban J connectivity index is 2.04. The summed E-state index contributed by atoms with van der Waals surface area (Å²) < 4.78 is 6.56. The van der Waals surface area contributed by atoms with Crippen molar-refractivity contribution >= 4 is 25.5 Å². The minimum Gasteiger partial charge on any atom is -0.537 e. The maximum atomic E-state index is 6.56. The van der Waals surface area contributed by atoms with Crippen molar-refractivity contribution in [2.75, 3.05) is 0 Å². The number of hydrogen-bond acceptors (Lipinski definition) is 1. The van der Waals surface area contributed by atoms with Crippen molar-refractivity contribution in [2.24, 2.45) is 0 Å². The van der Waals surface area contributed by atoms with E-state index in [1.165, 1.54) is 15.9 Å². The SMILES string of the molecule is C=Cc1ccc(C)cc1O[SiH](c1ccccc1)c1ccccc1. The van der Waals surface area contributed by atoms with Crippen LogP contribution >= 0.6 is 0 Å². The van der Waals surface area contributed by atoms with E-state index in [4.69, 9.17) is 4.43 Å². The van der Waals surface area contributed by atoms with Crippen LogP contribution in [0.3, 0.4) is 0 Å². The lowest BCUT2D eigenvalue weighted by molar-refractivity contribution is 0.589. The number of hydrogen-bond donors (Lipinski definition) is 0. The zero-order valence-electron chi connectivity index (χ0n) is 13.3. The second kappa shape index (κ2) is 7.12. The molecule has 2 heteroatoms. The Hall–Kier alpha value is -2.58. The highest BCUT2D eigenvalue weighted by Gasteiger charge is 2.20. The van der Waals surface area contributed by atoms with Crippen molar-refractivity contribution in [1.82, 2.24) is 0 Å². The van der Waals surface area contributed by atoms with Gasteiger partial charge in [0.25, 0.3) is 9.04 Å². The lowest BCUT2D eigenvalue weighted by Crippen LogP contribution is -2.47. The Kier molecular flexibility index (Phi) is 4.74. The van der Waals surface area contributed by atoms with Gasteiger partial charge in [0.15, 0.2) is 0 Å². The fraction of sp³-hybridized carbons (Fsp3) is 0.0476. The molecule has 0 bridgehead atoms. The van der Waals surface area contributed by atoms with Gasteiger partial charge in [0.1, 0.15) is 5.75 Å². The van der Waals surface area contributed by atoms with E-state index in [2.05, 4.69) is 80.2 Å². The van der Waals surface area contributed by atoms with E-state index in [9.17, 15) is 0 Å². The molecule has 23 heavy (non-hydrogen) atoms. The third-order valence-electron chi connectivity index (χ3n) is 3.84. The van der Waals surface area contributed by atoms with E-state index < -0.39 is 9.04 Å². The molecule has 0 aliphatic rings. The van der Waals surface area contributed by atoms with E-state index in [1.54, 1.807) is 0 Å². The Morgan fingerprint density at radius 1 is 0.826 bits per heavy atom. The van der Waals surface area contributed by atoms with Crippen LogP contribution in [-0.2, 0) is 0 Å². The molecule has 0 N–H and O–H groups in total. The van der Waals surface area contributed by atoms with Gasteiger partial charge in [-0.2, -0.15) is 0 Å². The van der Waals surface area contributed by atoms with Crippen LogP contribution in [0.2, 0.25) is 0 Å². The van der Waals surface area contributed by atoms with Crippen LogP contribution in [0.5, 0.6) is 5.75 Å². The van der Waals surface area contributed by atoms with Crippen molar-refractivity contribution in [2.45, 2.75) is 6.92 Å². The van der Waals surface area contributed by atoms with Gasteiger partial charge in [-0.1, -0.05) is 85.5 Å². The third-order valence-corrected chi connectivity index (χ3v) is 6.31. The highest BCUT2D eigenvalue weighted by atomic mass is 28.3. The molecule has 3 aromatic rings. The fourth-order valence-corrected chi connectivity index (χ4v) is 4.88. The second-order valence-corrected chi connectivity index (χ2v) is 7.89. The predicted molar refractivity (Wildman–Crippen MR) is 101 cm³/mol. The molecule has 0 fully saturated rings. The van der Waals surface area contributed by atoms with Crippen LogP contribution in [-0.4, -0.2) is 9.04 Å². The Morgan fingerprint density at radius 3 is 1.91 bits per heavy atom. The van der Waals surface area contributed by atoms with E-state index in [0.29, 0.717) is 0 Å². The van der Waals surface area contributed by atoms with Gasteiger partial charge in [-0.15, -0.1) is 0 Å². The summed E-state index contributed by atoms with van der Waals surface area (Å²) in [6, 6.07) is 27.3. The van der Waals surface area contributed by atoms with Gasteiger partial charge in [-0.05, 0) is 28.9 Å². The lowest BCUT2D eigenvalue weighted by atomic mass is 10.1. The minimum absolute atomic E-state index is 0.921. The molecule has 0 spiro atoms. The van der Waals surface area contributed by atoms with Crippen molar-refractivity contribution in [3.63, 3.8) is 0 Å². The van der Waals surface area contributed by atoms with Gasteiger partial charge in [0.2, 0.25) is 0 Å². The molecule has 3 rings (SSSR count). The highest BCUT2D eigenvalue weighted by molar-refractivity contribution is 6.80. The molecule has 0 aliphatic carbocycles. The summed E-state index contributed by atoms with van der Waals surface area (Å²) in [6.45, 7) is 5.99. The number of rotatable bonds is 5. The maximum Gasteiger partial charge on any atom is 0.299 e. The molecule has 1 nitrogen and oxygen atoms in total. The largest absolute Gasteiger partial charge is 0.537 e. The van der Waals surface area contributed by atoms with Crippen LogP contribution in [0.1, 0.15) is 11.1 Å². The van der Waals surface area contributed by atoms with Gasteiger partial charge in [0, 0.05) is 5.56 Å². The van der Waals surface area contributed by atoms with Gasteiger partial charge < -0.3 is 4.43 Å². The summed E-state index contributed by atoms with van der Waals surface area (Å²) in [6.07, 6.45) is 1.86. The Labute approximate surface area is 139 Å². The molecule has 0 heterocycles. The zero-order valence-corrected chi connectivity index (χ0v) is 14.4. The average Bonchev–Trinajstić information content (AvgIpc) is 2.61. The van der Waals surface area contributed by atoms with Crippen molar-refractivity contribution < 1.29 is 4.43 Å². The van der Waals surface area contributed by atoms with Gasteiger partial charge in [-0.25, -0.2) is 0 Å². The molecule has 0 amide bonds. The summed E-state index contributed by atoms with van der Waals surface area (Å²) in [5, 5.41) is 2.55. The predicted octanol–water partition coefficient (Wildman–Crippen LogP) is 3.56. The topological polar surface area (TPSA) is 9.23 Å². The molecule has 0 unspecified atom stereocenters. The van der Waals surface area contributed by atoms with Crippen molar-refractivity contribution in [1.29, 1.82) is 0 Å². The molecule has 0 aliphatic heterocycles. The molecule has 0 aromatic heterocycles. The maximum absolute atomic E-state index is 6.56. The highest BCUT2D eigenvalue weighted by Crippen LogP contribution is 2.22. The molecular formula is C21H20OSi. The smallest absolute Gasteiger partial charge is 0.299 e. The normalized spacial score (nSPS) is 10.5. The van der Waals surface area contributed by atoms with Crippen molar-refractivity contribution in [3.05, 3.63) is 96.6 Å². The first-order chi connectivity index (χ1) is 11.3. The van der Waals surface area contributed by atoms with E-state index >= 15 is 0 Å². The van der Waals surface area contributed by atoms with Crippen LogP contribution in [0, 0.1) is 6.92 Å². The summed E-state index contributed by atoms with van der Waals surface area (Å²) in [7, 11) is -1.79. The van der Waals surface area contributed by atoms with Crippen LogP contribution < -0.4 is 14.8 Å². The molecule has 0 radical (unpaired) electrons. The van der Waals surface area contributed by atoms with E-state index in [1.807, 2.05) is 18.2 Å². The average molecular weight is 316 g/mol. The Morgan fingerprint density at radius 2 is 1.39 bits per heavy atom. The lowest BCUT2D eigenvalue weighted by Gasteiger charge is -2.20. The Bertz CT molecular complexity index is 742. The molecule has 0 saturated carbocycles. The monoisotopic (exact) mass is 316 g/mol. The molecule has 3 aromatic carbocycles. The standard InChI is InChI=1S/C21H20OSi/c1-3-18-15-14-17(2)16-21(18)22-23(19-10-6-4-7-11-19)20-12-8-5-9-13-20/h3-16,23H,1H2,2H3. The zero-order chi connectivity index (χ0) is 16.1. The third kappa shape index (κ3) is 3.61. The van der Waals surface area contributed by atoms with Gasteiger partial charge >= 0.3 is 0 Å². The van der Waals surface area contributed by atoms with Gasteiger partial charge in [-0.3, -0.25) is 0 Å². The summed E-state index contributed by atoms with van der Waals surface area (Å²) in [5.74, 6) is 0.921. The minimum atomic E-state index is -1.79. The first-order valence-electron chi connectivity index (χ1n) is 7.77. The summed E-state index contributed by atoms with van der Waals surface area (Å²) in [4.78, 5) is 0. The van der Waals surface area contributed by atoms with E-state index in [0.717, 1.165) is 11.3 Å². The molecule has 0 saturated heterocycles. The van der Waals surface area contributed by atoms with Gasteiger partial charge in [0.05, 0.1) is 0 Å². The van der Waals surface area contributed by atoms with Crippen LogP contribution in [0.4, 0.5) is 0 Å². The fourth-order valence-electron chi connectivity index (χ4n) is 2.62. The first kappa shape index (κ1) is 15.3.